The zero-order valence-corrected chi connectivity index (χ0v) is 17.0. The van der Waals surface area contributed by atoms with Crippen LogP contribution in [-0.4, -0.2) is 60.1 Å². The minimum absolute atomic E-state index is 0.159. The number of piperidine rings is 1. The summed E-state index contributed by atoms with van der Waals surface area (Å²) in [4.78, 5) is 25.8. The third-order valence-corrected chi connectivity index (χ3v) is 5.82. The molecule has 4 rings (SSSR count). The summed E-state index contributed by atoms with van der Waals surface area (Å²) in [5.74, 6) is 2.81. The lowest BCUT2D eigenvalue weighted by molar-refractivity contribution is -0.131. The van der Waals surface area contributed by atoms with Crippen LogP contribution in [0.4, 0.5) is 11.6 Å². The fourth-order valence-corrected chi connectivity index (χ4v) is 4.15. The van der Waals surface area contributed by atoms with Crippen molar-refractivity contribution >= 4 is 17.5 Å². The predicted molar refractivity (Wildman–Crippen MR) is 113 cm³/mol. The molecule has 1 N–H and O–H groups in total. The number of rotatable bonds is 6. The fraction of sp³-hybridized carbons (Fsp3) is 0.500. The monoisotopic (exact) mass is 395 g/mol. The highest BCUT2D eigenvalue weighted by Crippen LogP contribution is 2.23. The summed E-state index contributed by atoms with van der Waals surface area (Å²) >= 11 is 0. The zero-order chi connectivity index (χ0) is 20.1. The van der Waals surface area contributed by atoms with Gasteiger partial charge in [0.1, 0.15) is 23.7 Å². The zero-order valence-electron chi connectivity index (χ0n) is 17.0. The average molecular weight is 396 g/mol. The summed E-state index contributed by atoms with van der Waals surface area (Å²) in [5.41, 5.74) is 0.940. The molecule has 0 spiro atoms. The maximum atomic E-state index is 12.7. The minimum Gasteiger partial charge on any atom is -0.496 e. The summed E-state index contributed by atoms with van der Waals surface area (Å²) in [6, 6.07) is 10.1. The van der Waals surface area contributed by atoms with Gasteiger partial charge in [-0.15, -0.1) is 0 Å². The van der Waals surface area contributed by atoms with Gasteiger partial charge in [-0.05, 0) is 31.7 Å². The van der Waals surface area contributed by atoms with Crippen molar-refractivity contribution in [2.75, 3.05) is 43.5 Å². The van der Waals surface area contributed by atoms with Crippen molar-refractivity contribution in [3.05, 3.63) is 42.2 Å². The maximum absolute atomic E-state index is 12.7. The topological polar surface area (TPSA) is 70.6 Å². The van der Waals surface area contributed by atoms with Gasteiger partial charge in [-0.2, -0.15) is 0 Å². The molecule has 2 saturated heterocycles. The number of para-hydroxylation sites is 1. The van der Waals surface area contributed by atoms with Gasteiger partial charge in [-0.1, -0.05) is 18.2 Å². The number of carbonyl (C=O) groups is 1. The first kappa shape index (κ1) is 19.5. The van der Waals surface area contributed by atoms with E-state index in [4.69, 9.17) is 4.74 Å². The molecule has 0 unspecified atom stereocenters. The van der Waals surface area contributed by atoms with Crippen LogP contribution in [0.1, 0.15) is 31.2 Å². The molecule has 154 valence electrons. The van der Waals surface area contributed by atoms with Gasteiger partial charge in [0.25, 0.3) is 0 Å². The van der Waals surface area contributed by atoms with Crippen LogP contribution in [0.25, 0.3) is 0 Å². The number of anilines is 2. The first-order valence-corrected chi connectivity index (χ1v) is 10.5. The Morgan fingerprint density at radius 2 is 1.90 bits per heavy atom. The molecule has 2 fully saturated rings. The molecule has 29 heavy (non-hydrogen) atoms. The molecule has 2 aliphatic rings. The van der Waals surface area contributed by atoms with Gasteiger partial charge in [0.15, 0.2) is 0 Å². The lowest BCUT2D eigenvalue weighted by atomic mass is 10.0. The number of nitrogens with one attached hydrogen (secondary N) is 1. The van der Waals surface area contributed by atoms with Crippen molar-refractivity contribution in [1.29, 1.82) is 0 Å². The van der Waals surface area contributed by atoms with Gasteiger partial charge in [-0.3, -0.25) is 4.79 Å². The molecule has 7 heteroatoms. The van der Waals surface area contributed by atoms with Crippen molar-refractivity contribution < 1.29 is 9.53 Å². The first-order valence-electron chi connectivity index (χ1n) is 10.5. The predicted octanol–water partition coefficient (Wildman–Crippen LogP) is 2.73. The number of carbonyl (C=O) groups excluding carboxylic acids is 1. The molecule has 0 bridgehead atoms. The molecule has 2 aromatic rings. The smallest absolute Gasteiger partial charge is 0.227 e. The molecule has 1 aromatic carbocycles. The number of hydrogen-bond acceptors (Lipinski definition) is 6. The molecule has 0 atom stereocenters. The van der Waals surface area contributed by atoms with E-state index < -0.39 is 0 Å². The normalized spacial score (nSPS) is 17.4. The van der Waals surface area contributed by atoms with E-state index in [0.29, 0.717) is 12.5 Å². The third-order valence-electron chi connectivity index (χ3n) is 5.82. The van der Waals surface area contributed by atoms with Crippen molar-refractivity contribution in [2.24, 2.45) is 0 Å². The second-order valence-electron chi connectivity index (χ2n) is 7.74. The molecule has 7 nitrogen and oxygen atoms in total. The van der Waals surface area contributed by atoms with Gasteiger partial charge in [0.05, 0.1) is 13.5 Å². The molecular formula is C22H29N5O2. The Morgan fingerprint density at radius 3 is 2.66 bits per heavy atom. The largest absolute Gasteiger partial charge is 0.496 e. The van der Waals surface area contributed by atoms with Crippen molar-refractivity contribution in [3.63, 3.8) is 0 Å². The Morgan fingerprint density at radius 1 is 1.14 bits per heavy atom. The Hall–Kier alpha value is -2.83. The van der Waals surface area contributed by atoms with Gasteiger partial charge in [-0.25, -0.2) is 9.97 Å². The van der Waals surface area contributed by atoms with E-state index in [1.54, 1.807) is 13.4 Å². The standard InChI is InChI=1S/C22H29N5O2/c1-29-19-7-3-2-6-17(19)14-22(28)27-12-8-18(9-13-27)25-20-15-21(24-16-23-20)26-10-4-5-11-26/h2-3,6-7,15-16,18H,4-5,8-14H2,1H3,(H,23,24,25). The number of nitrogens with zero attached hydrogens (tertiary/aromatic N) is 4. The van der Waals surface area contributed by atoms with Crippen LogP contribution in [0.3, 0.4) is 0 Å². The molecule has 0 aliphatic carbocycles. The number of methoxy groups -OCH3 is 1. The fourth-order valence-electron chi connectivity index (χ4n) is 4.15. The van der Waals surface area contributed by atoms with E-state index >= 15 is 0 Å². The van der Waals surface area contributed by atoms with Crippen LogP contribution in [0.15, 0.2) is 36.7 Å². The van der Waals surface area contributed by atoms with E-state index in [-0.39, 0.29) is 5.91 Å². The molecule has 0 saturated carbocycles. The van der Waals surface area contributed by atoms with Gasteiger partial charge in [0.2, 0.25) is 5.91 Å². The van der Waals surface area contributed by atoms with E-state index in [1.807, 2.05) is 35.2 Å². The molecule has 0 radical (unpaired) electrons. The highest BCUT2D eigenvalue weighted by molar-refractivity contribution is 5.79. The van der Waals surface area contributed by atoms with E-state index in [0.717, 1.165) is 62.0 Å². The molecule has 1 amide bonds. The van der Waals surface area contributed by atoms with Crippen LogP contribution in [0.5, 0.6) is 5.75 Å². The molecule has 1 aromatic heterocycles. The lowest BCUT2D eigenvalue weighted by Gasteiger charge is -2.33. The van der Waals surface area contributed by atoms with Crippen LogP contribution in [0, 0.1) is 0 Å². The number of aromatic nitrogens is 2. The Kier molecular flexibility index (Phi) is 6.12. The average Bonchev–Trinajstić information content (AvgIpc) is 3.30. The number of hydrogen-bond donors (Lipinski definition) is 1. The van der Waals surface area contributed by atoms with Gasteiger partial charge < -0.3 is 19.9 Å². The second-order valence-corrected chi connectivity index (χ2v) is 7.74. The second kappa shape index (κ2) is 9.11. The maximum Gasteiger partial charge on any atom is 0.227 e. The van der Waals surface area contributed by atoms with E-state index in [2.05, 4.69) is 20.2 Å². The summed E-state index contributed by atoms with van der Waals surface area (Å²) < 4.78 is 5.37. The highest BCUT2D eigenvalue weighted by atomic mass is 16.5. The summed E-state index contributed by atoms with van der Waals surface area (Å²) in [6.45, 7) is 3.66. The van der Waals surface area contributed by atoms with Crippen LogP contribution in [-0.2, 0) is 11.2 Å². The van der Waals surface area contributed by atoms with Crippen molar-refractivity contribution in [3.8, 4) is 5.75 Å². The third kappa shape index (κ3) is 4.78. The Bertz CT molecular complexity index is 829. The van der Waals surface area contributed by atoms with Gasteiger partial charge >= 0.3 is 0 Å². The molecule has 3 heterocycles. The Labute approximate surface area is 172 Å². The number of ether oxygens (including phenoxy) is 1. The lowest BCUT2D eigenvalue weighted by Crippen LogP contribution is -2.43. The first-order chi connectivity index (χ1) is 14.2. The van der Waals surface area contributed by atoms with Crippen molar-refractivity contribution in [1.82, 2.24) is 14.9 Å². The van der Waals surface area contributed by atoms with Crippen LogP contribution >= 0.6 is 0 Å². The number of amides is 1. The van der Waals surface area contributed by atoms with E-state index in [1.165, 1.54) is 12.8 Å². The number of benzene rings is 1. The SMILES string of the molecule is COc1ccccc1CC(=O)N1CCC(Nc2cc(N3CCCC3)ncn2)CC1. The summed E-state index contributed by atoms with van der Waals surface area (Å²) in [6.07, 6.45) is 6.32. The summed E-state index contributed by atoms with van der Waals surface area (Å²) in [5, 5.41) is 3.54. The number of likely N-dealkylation sites (tertiary alicyclic amines) is 1. The quantitative estimate of drug-likeness (QED) is 0.811. The van der Waals surface area contributed by atoms with Crippen molar-refractivity contribution in [2.45, 2.75) is 38.1 Å². The molecule has 2 aliphatic heterocycles. The summed E-state index contributed by atoms with van der Waals surface area (Å²) in [7, 11) is 1.64. The van der Waals surface area contributed by atoms with E-state index in [9.17, 15) is 4.79 Å². The highest BCUT2D eigenvalue weighted by Gasteiger charge is 2.24. The van der Waals surface area contributed by atoms with Crippen LogP contribution in [0.2, 0.25) is 0 Å². The Balaban J connectivity index is 1.29. The molecular weight excluding hydrogens is 366 g/mol. The van der Waals surface area contributed by atoms with Gasteiger partial charge in [0, 0.05) is 43.9 Å². The minimum atomic E-state index is 0.159. The van der Waals surface area contributed by atoms with Crippen LogP contribution < -0.4 is 15.0 Å².